The van der Waals surface area contributed by atoms with Crippen molar-refractivity contribution in [3.63, 3.8) is 0 Å². The van der Waals surface area contributed by atoms with Crippen LogP contribution in [0.5, 0.6) is 0 Å². The molecular weight excluding hydrogens is 643 g/mol. The molecule has 0 aliphatic heterocycles. The third-order valence-corrected chi connectivity index (χ3v) is 8.80. The first-order chi connectivity index (χ1) is 18.8. The van der Waals surface area contributed by atoms with Crippen LogP contribution < -0.4 is 0 Å². The zero-order valence-electron chi connectivity index (χ0n) is 24.7. The highest BCUT2D eigenvalue weighted by Crippen LogP contribution is 2.30. The maximum Gasteiger partial charge on any atom is 0.277 e. The van der Waals surface area contributed by atoms with Gasteiger partial charge < -0.3 is 13.9 Å². The molecule has 10 nitrogen and oxygen atoms in total. The third-order valence-electron chi connectivity index (χ3n) is 6.31. The third kappa shape index (κ3) is 9.25. The van der Waals surface area contributed by atoms with Gasteiger partial charge in [0.1, 0.15) is 5.69 Å². The molecular formula is C28H41IN6O4S. The quantitative estimate of drug-likeness (QED) is 0.0778. The number of benzene rings is 1. The number of ether oxygens (including phenoxy) is 2. The van der Waals surface area contributed by atoms with E-state index in [-0.39, 0.29) is 17.5 Å². The Balaban J connectivity index is 1.48. The van der Waals surface area contributed by atoms with Gasteiger partial charge in [-0.1, -0.05) is 43.0 Å². The van der Waals surface area contributed by atoms with Gasteiger partial charge >= 0.3 is 0 Å². The highest BCUT2D eigenvalue weighted by Gasteiger charge is 2.26. The molecule has 3 rings (SSSR count). The van der Waals surface area contributed by atoms with Gasteiger partial charge in [0.15, 0.2) is 0 Å². The van der Waals surface area contributed by atoms with E-state index in [1.807, 2.05) is 71.9 Å². The van der Waals surface area contributed by atoms with Gasteiger partial charge in [0.2, 0.25) is 11.8 Å². The number of hydrogen-bond donors (Lipinski definition) is 0. The van der Waals surface area contributed by atoms with Crippen LogP contribution in [0.4, 0.5) is 0 Å². The van der Waals surface area contributed by atoms with Crippen molar-refractivity contribution in [2.45, 2.75) is 102 Å². The molecule has 0 saturated heterocycles. The van der Waals surface area contributed by atoms with E-state index in [9.17, 15) is 4.79 Å². The summed E-state index contributed by atoms with van der Waals surface area (Å²) < 4.78 is 21.3. The summed E-state index contributed by atoms with van der Waals surface area (Å²) in [6, 6.07) is 8.21. The lowest BCUT2D eigenvalue weighted by atomic mass is 9.96. The van der Waals surface area contributed by atoms with E-state index < -0.39 is 5.60 Å². The molecule has 0 atom stereocenters. The number of thioether (sulfide) groups is 1. The minimum absolute atomic E-state index is 0.0564. The molecule has 1 aromatic carbocycles. The predicted molar refractivity (Wildman–Crippen MR) is 164 cm³/mol. The smallest absolute Gasteiger partial charge is 0.277 e. The standard InChI is InChI=1S/C28H41IN6O4S/c1-19(2)35(29)24(36)13-15-37-18-23-17-34(33-30-23)27(5,6)14-16-38-28(7,8)22-11-9-21(10-12-22)25-31-32-26(39-25)40-20(3)4/h9-12,17,19-20H,13-16,18H2,1-8H3. The molecule has 0 aliphatic carbocycles. The Bertz CT molecular complexity index is 1230. The maximum absolute atomic E-state index is 12.1. The SMILES string of the molecule is CC(C)Sc1nnc(-c2ccc(C(C)(C)OCCC(C)(C)n3cc(COCCC(=O)N(I)C(C)C)nn3)cc2)o1. The van der Waals surface area contributed by atoms with Gasteiger partial charge in [-0.15, -0.1) is 15.3 Å². The van der Waals surface area contributed by atoms with E-state index in [0.717, 1.165) is 23.2 Å². The van der Waals surface area contributed by atoms with Crippen molar-refractivity contribution in [3.8, 4) is 11.5 Å². The maximum atomic E-state index is 12.1. The molecule has 0 unspecified atom stereocenters. The number of hydrogen-bond acceptors (Lipinski definition) is 9. The van der Waals surface area contributed by atoms with Gasteiger partial charge in [-0.2, -0.15) is 0 Å². The first kappa shape index (κ1) is 32.5. The summed E-state index contributed by atoms with van der Waals surface area (Å²) in [4.78, 5) is 12.1. The molecule has 1 amide bonds. The van der Waals surface area contributed by atoms with Gasteiger partial charge in [-0.05, 0) is 65.7 Å². The van der Waals surface area contributed by atoms with Crippen molar-refractivity contribution in [1.82, 2.24) is 28.3 Å². The summed E-state index contributed by atoms with van der Waals surface area (Å²) in [5.74, 6) is 0.570. The zero-order chi connectivity index (χ0) is 29.5. The van der Waals surface area contributed by atoms with Gasteiger partial charge in [0.25, 0.3) is 5.22 Å². The van der Waals surface area contributed by atoms with E-state index in [0.29, 0.717) is 42.6 Å². The van der Waals surface area contributed by atoms with Crippen LogP contribution >= 0.6 is 34.6 Å². The highest BCUT2D eigenvalue weighted by molar-refractivity contribution is 14.1. The average Bonchev–Trinajstić information content (AvgIpc) is 3.56. The van der Waals surface area contributed by atoms with Crippen LogP contribution in [0.1, 0.15) is 79.5 Å². The number of carbonyl (C=O) groups is 1. The summed E-state index contributed by atoms with van der Waals surface area (Å²) in [5, 5.41) is 17.8. The lowest BCUT2D eigenvalue weighted by Gasteiger charge is -2.30. The molecule has 2 heterocycles. The normalized spacial score (nSPS) is 12.5. The number of nitrogens with zero attached hydrogens (tertiary/aromatic N) is 6. The number of amides is 1. The molecule has 0 fully saturated rings. The van der Waals surface area contributed by atoms with Crippen molar-refractivity contribution in [3.05, 3.63) is 41.7 Å². The predicted octanol–water partition coefficient (Wildman–Crippen LogP) is 6.40. The Morgan fingerprint density at radius 1 is 1.07 bits per heavy atom. The van der Waals surface area contributed by atoms with Crippen molar-refractivity contribution < 1.29 is 18.7 Å². The fraction of sp³-hybridized carbons (Fsp3) is 0.607. The lowest BCUT2D eigenvalue weighted by molar-refractivity contribution is -0.127. The molecule has 0 bridgehead atoms. The molecule has 2 aromatic heterocycles. The van der Waals surface area contributed by atoms with E-state index in [1.165, 1.54) is 0 Å². The largest absolute Gasteiger partial charge is 0.411 e. The minimum atomic E-state index is -0.482. The summed E-state index contributed by atoms with van der Waals surface area (Å²) in [7, 11) is 0. The van der Waals surface area contributed by atoms with Gasteiger partial charge in [-0.3, -0.25) is 7.91 Å². The van der Waals surface area contributed by atoms with Gasteiger partial charge in [0, 0.05) is 16.9 Å². The Morgan fingerprint density at radius 3 is 2.42 bits per heavy atom. The highest BCUT2D eigenvalue weighted by atomic mass is 127. The van der Waals surface area contributed by atoms with Crippen LogP contribution in [0.15, 0.2) is 40.1 Å². The number of rotatable bonds is 15. The van der Waals surface area contributed by atoms with Crippen molar-refractivity contribution in [2.24, 2.45) is 0 Å². The van der Waals surface area contributed by atoms with E-state index in [4.69, 9.17) is 13.9 Å². The van der Waals surface area contributed by atoms with E-state index >= 15 is 0 Å². The van der Waals surface area contributed by atoms with Crippen LogP contribution in [0.3, 0.4) is 0 Å². The first-order valence-electron chi connectivity index (χ1n) is 13.5. The molecule has 40 heavy (non-hydrogen) atoms. The Hall–Kier alpha value is -2.03. The summed E-state index contributed by atoms with van der Waals surface area (Å²) >= 11 is 3.59. The fourth-order valence-corrected chi connectivity index (χ4v) is 4.59. The molecule has 0 N–H and O–H groups in total. The molecule has 0 radical (unpaired) electrons. The second-order valence-corrected chi connectivity index (χ2v) is 13.9. The van der Waals surface area contributed by atoms with Crippen LogP contribution in [-0.4, -0.2) is 58.7 Å². The van der Waals surface area contributed by atoms with Crippen molar-refractivity contribution >= 4 is 40.5 Å². The van der Waals surface area contributed by atoms with E-state index in [1.54, 1.807) is 14.9 Å². The molecule has 3 aromatic rings. The summed E-state index contributed by atoms with van der Waals surface area (Å²) in [5.41, 5.74) is 1.88. The Labute approximate surface area is 255 Å². The molecule has 0 saturated carbocycles. The van der Waals surface area contributed by atoms with Gasteiger partial charge in [0.05, 0.1) is 66.4 Å². The summed E-state index contributed by atoms with van der Waals surface area (Å²) in [6.45, 7) is 17.7. The average molecular weight is 685 g/mol. The van der Waals surface area contributed by atoms with Crippen LogP contribution in [-0.2, 0) is 32.0 Å². The molecule has 12 heteroatoms. The molecule has 0 aliphatic rings. The lowest BCUT2D eigenvalue weighted by Crippen LogP contribution is -2.31. The minimum Gasteiger partial charge on any atom is -0.411 e. The zero-order valence-corrected chi connectivity index (χ0v) is 27.7. The van der Waals surface area contributed by atoms with Gasteiger partial charge in [-0.25, -0.2) is 4.68 Å². The fourth-order valence-electron chi connectivity index (χ4n) is 3.74. The second-order valence-electron chi connectivity index (χ2n) is 11.3. The molecule has 0 spiro atoms. The van der Waals surface area contributed by atoms with Crippen molar-refractivity contribution in [2.75, 3.05) is 13.2 Å². The number of aromatic nitrogens is 5. The van der Waals surface area contributed by atoms with E-state index in [2.05, 4.69) is 62.1 Å². The van der Waals surface area contributed by atoms with Crippen LogP contribution in [0.25, 0.3) is 11.5 Å². The van der Waals surface area contributed by atoms with Crippen LogP contribution in [0.2, 0.25) is 0 Å². The van der Waals surface area contributed by atoms with Crippen molar-refractivity contribution in [1.29, 1.82) is 0 Å². The monoisotopic (exact) mass is 684 g/mol. The Kier molecular flexibility index (Phi) is 11.6. The topological polar surface area (TPSA) is 108 Å². The summed E-state index contributed by atoms with van der Waals surface area (Å²) in [6.07, 6.45) is 2.98. The first-order valence-corrected chi connectivity index (χ1v) is 15.4. The molecule has 220 valence electrons. The second kappa shape index (κ2) is 14.2. The number of carbonyl (C=O) groups excluding carboxylic acids is 1. The Morgan fingerprint density at radius 2 is 1.77 bits per heavy atom. The number of halogens is 1. The van der Waals surface area contributed by atoms with Crippen LogP contribution in [0, 0.1) is 0 Å².